The molecule has 0 aromatic heterocycles. The predicted octanol–water partition coefficient (Wildman–Crippen LogP) is 2.36. The molecule has 1 radical (unpaired) electrons. The fourth-order valence-corrected chi connectivity index (χ4v) is 2.68. The Hall–Kier alpha value is -1.42. The highest BCUT2D eigenvalue weighted by atomic mass is 19.1. The van der Waals surface area contributed by atoms with Crippen LogP contribution in [0.3, 0.4) is 0 Å². The molecule has 0 saturated carbocycles. The molecule has 20 heavy (non-hydrogen) atoms. The minimum absolute atomic E-state index is 0.0625. The summed E-state index contributed by atoms with van der Waals surface area (Å²) in [5, 5.41) is 2.70. The standard InChI is InChI=1S/C16H22FN2O/c1-11(2)14-6-12(7-15(17)8-14)9-19-5-4-13(10-19)16(20)18-3/h6-8,13H,4-5,9-10H2,1-3H3,(H,18,20). The second-order valence-corrected chi connectivity index (χ2v) is 5.68. The first-order valence-electron chi connectivity index (χ1n) is 7.03. The van der Waals surface area contributed by atoms with Gasteiger partial charge in [-0.2, -0.15) is 0 Å². The number of halogens is 1. The number of benzene rings is 1. The molecule has 1 heterocycles. The van der Waals surface area contributed by atoms with Crippen molar-refractivity contribution in [2.24, 2.45) is 5.92 Å². The number of nitrogens with one attached hydrogen (secondary N) is 1. The minimum Gasteiger partial charge on any atom is -0.359 e. The Morgan fingerprint density at radius 1 is 1.40 bits per heavy atom. The van der Waals surface area contributed by atoms with E-state index in [-0.39, 0.29) is 17.6 Å². The summed E-state index contributed by atoms with van der Waals surface area (Å²) >= 11 is 0. The van der Waals surface area contributed by atoms with Gasteiger partial charge in [0, 0.05) is 20.1 Å². The van der Waals surface area contributed by atoms with Crippen LogP contribution >= 0.6 is 0 Å². The van der Waals surface area contributed by atoms with Gasteiger partial charge in [-0.25, -0.2) is 4.39 Å². The van der Waals surface area contributed by atoms with Crippen molar-refractivity contribution in [1.29, 1.82) is 0 Å². The largest absolute Gasteiger partial charge is 0.359 e. The minimum atomic E-state index is -0.194. The highest BCUT2D eigenvalue weighted by Crippen LogP contribution is 2.22. The van der Waals surface area contributed by atoms with E-state index in [2.05, 4.69) is 10.2 Å². The van der Waals surface area contributed by atoms with E-state index >= 15 is 0 Å². The van der Waals surface area contributed by atoms with E-state index in [0.29, 0.717) is 6.54 Å². The lowest BCUT2D eigenvalue weighted by molar-refractivity contribution is -0.124. The molecule has 2 rings (SSSR count). The Bertz CT molecular complexity index is 487. The zero-order valence-electron chi connectivity index (χ0n) is 12.4. The average Bonchev–Trinajstić information content (AvgIpc) is 2.85. The van der Waals surface area contributed by atoms with Gasteiger partial charge in [-0.1, -0.05) is 19.9 Å². The molecule has 0 aliphatic carbocycles. The van der Waals surface area contributed by atoms with E-state index in [1.165, 1.54) is 0 Å². The predicted molar refractivity (Wildman–Crippen MR) is 77.5 cm³/mol. The summed E-state index contributed by atoms with van der Waals surface area (Å²) in [5.74, 6) is 1.08. The first-order valence-corrected chi connectivity index (χ1v) is 7.03. The highest BCUT2D eigenvalue weighted by Gasteiger charge is 2.27. The van der Waals surface area contributed by atoms with Crippen LogP contribution in [-0.4, -0.2) is 30.9 Å². The third-order valence-corrected chi connectivity index (χ3v) is 3.83. The maximum Gasteiger partial charge on any atom is 0.224 e. The fraction of sp³-hybridized carbons (Fsp3) is 0.500. The maximum absolute atomic E-state index is 13.6. The van der Waals surface area contributed by atoms with Gasteiger partial charge in [0.2, 0.25) is 5.91 Å². The summed E-state index contributed by atoms with van der Waals surface area (Å²) in [6.45, 7) is 6.30. The van der Waals surface area contributed by atoms with Crippen LogP contribution in [0, 0.1) is 17.7 Å². The van der Waals surface area contributed by atoms with Crippen molar-refractivity contribution in [2.75, 3.05) is 20.1 Å². The van der Waals surface area contributed by atoms with Gasteiger partial charge in [0.25, 0.3) is 0 Å². The normalized spacial score (nSPS) is 19.6. The monoisotopic (exact) mass is 277 g/mol. The molecule has 1 N–H and O–H groups in total. The number of rotatable bonds is 4. The molecule has 1 saturated heterocycles. The lowest BCUT2D eigenvalue weighted by Gasteiger charge is -2.17. The zero-order chi connectivity index (χ0) is 14.7. The highest BCUT2D eigenvalue weighted by molar-refractivity contribution is 5.78. The molecule has 1 amide bonds. The third-order valence-electron chi connectivity index (χ3n) is 3.83. The summed E-state index contributed by atoms with van der Waals surface area (Å²) < 4.78 is 13.6. The molecule has 1 fully saturated rings. The SMILES string of the molecule is CNC(=O)C1CCN(Cc2cc(F)cc([C](C)C)c2)C1. The summed E-state index contributed by atoms with van der Waals surface area (Å²) in [4.78, 5) is 13.8. The van der Waals surface area contributed by atoms with Crippen LogP contribution in [0.25, 0.3) is 0 Å². The molecule has 1 atom stereocenters. The molecule has 109 valence electrons. The Labute approximate surface area is 120 Å². The van der Waals surface area contributed by atoms with E-state index in [4.69, 9.17) is 0 Å². The molecule has 1 aromatic carbocycles. The molecular formula is C16H22FN2O. The Balaban J connectivity index is 2.02. The van der Waals surface area contributed by atoms with Crippen LogP contribution in [0.2, 0.25) is 0 Å². The smallest absolute Gasteiger partial charge is 0.224 e. The van der Waals surface area contributed by atoms with Crippen LogP contribution in [-0.2, 0) is 11.3 Å². The van der Waals surface area contributed by atoms with Crippen molar-refractivity contribution in [3.63, 3.8) is 0 Å². The molecule has 1 unspecified atom stereocenters. The molecule has 3 nitrogen and oxygen atoms in total. The van der Waals surface area contributed by atoms with Gasteiger partial charge in [-0.3, -0.25) is 9.69 Å². The molecule has 4 heteroatoms. The first kappa shape index (κ1) is 15.0. The number of carbonyl (C=O) groups is 1. The molecule has 1 aliphatic heterocycles. The number of amides is 1. The van der Waals surface area contributed by atoms with E-state index in [1.54, 1.807) is 19.2 Å². The van der Waals surface area contributed by atoms with Crippen molar-refractivity contribution in [3.05, 3.63) is 41.1 Å². The van der Waals surface area contributed by atoms with E-state index in [1.807, 2.05) is 19.9 Å². The van der Waals surface area contributed by atoms with Crippen molar-refractivity contribution >= 4 is 5.91 Å². The molecular weight excluding hydrogens is 255 g/mol. The third kappa shape index (κ3) is 3.57. The van der Waals surface area contributed by atoms with Crippen LogP contribution in [0.4, 0.5) is 4.39 Å². The zero-order valence-corrected chi connectivity index (χ0v) is 12.4. The number of hydrogen-bond acceptors (Lipinski definition) is 2. The number of likely N-dealkylation sites (tertiary alicyclic amines) is 1. The van der Waals surface area contributed by atoms with E-state index in [0.717, 1.165) is 36.6 Å². The Morgan fingerprint density at radius 3 is 2.80 bits per heavy atom. The Kier molecular flexibility index (Phi) is 4.76. The van der Waals surface area contributed by atoms with Gasteiger partial charge in [-0.05, 0) is 42.1 Å². The Morgan fingerprint density at radius 2 is 2.15 bits per heavy atom. The topological polar surface area (TPSA) is 32.3 Å². The number of carbonyl (C=O) groups excluding carboxylic acids is 1. The van der Waals surface area contributed by atoms with Gasteiger partial charge >= 0.3 is 0 Å². The van der Waals surface area contributed by atoms with E-state index in [9.17, 15) is 9.18 Å². The van der Waals surface area contributed by atoms with Gasteiger partial charge in [0.15, 0.2) is 0 Å². The summed E-state index contributed by atoms with van der Waals surface area (Å²) in [6.07, 6.45) is 0.876. The fourth-order valence-electron chi connectivity index (χ4n) is 2.68. The van der Waals surface area contributed by atoms with Gasteiger partial charge in [-0.15, -0.1) is 0 Å². The quantitative estimate of drug-likeness (QED) is 0.916. The van der Waals surface area contributed by atoms with Gasteiger partial charge in [0.1, 0.15) is 5.82 Å². The van der Waals surface area contributed by atoms with Crippen LogP contribution in [0.15, 0.2) is 18.2 Å². The van der Waals surface area contributed by atoms with Crippen molar-refractivity contribution < 1.29 is 9.18 Å². The molecule has 0 bridgehead atoms. The maximum atomic E-state index is 13.6. The summed E-state index contributed by atoms with van der Waals surface area (Å²) in [5.41, 5.74) is 1.92. The van der Waals surface area contributed by atoms with E-state index < -0.39 is 0 Å². The lowest BCUT2D eigenvalue weighted by atomic mass is 10.0. The van der Waals surface area contributed by atoms with Crippen LogP contribution in [0.5, 0.6) is 0 Å². The van der Waals surface area contributed by atoms with Crippen molar-refractivity contribution in [1.82, 2.24) is 10.2 Å². The molecule has 1 aliphatic rings. The number of nitrogens with zero attached hydrogens (tertiary/aromatic N) is 1. The average molecular weight is 277 g/mol. The number of hydrogen-bond donors (Lipinski definition) is 1. The van der Waals surface area contributed by atoms with Crippen LogP contribution in [0.1, 0.15) is 31.4 Å². The van der Waals surface area contributed by atoms with Crippen molar-refractivity contribution in [2.45, 2.75) is 26.8 Å². The second kappa shape index (κ2) is 6.35. The van der Waals surface area contributed by atoms with Crippen LogP contribution < -0.4 is 5.32 Å². The molecule has 1 aromatic rings. The second-order valence-electron chi connectivity index (χ2n) is 5.68. The first-order chi connectivity index (χ1) is 9.49. The van der Waals surface area contributed by atoms with Gasteiger partial charge in [0.05, 0.1) is 5.92 Å². The summed E-state index contributed by atoms with van der Waals surface area (Å²) in [6, 6.07) is 5.18. The molecule has 0 spiro atoms. The van der Waals surface area contributed by atoms with Crippen molar-refractivity contribution in [3.8, 4) is 0 Å². The lowest BCUT2D eigenvalue weighted by Crippen LogP contribution is -2.30. The summed E-state index contributed by atoms with van der Waals surface area (Å²) in [7, 11) is 1.67. The van der Waals surface area contributed by atoms with Gasteiger partial charge < -0.3 is 5.32 Å².